The first-order valence-electron chi connectivity index (χ1n) is 5.94. The Morgan fingerprint density at radius 3 is 2.55 bits per heavy atom. The molecule has 0 fully saturated rings. The molecule has 0 bridgehead atoms. The number of fused-ring (bicyclic) bond motifs is 1. The maximum atomic E-state index is 13.2. The van der Waals surface area contributed by atoms with Crippen molar-refractivity contribution in [2.45, 2.75) is 6.92 Å². The summed E-state index contributed by atoms with van der Waals surface area (Å²) in [5, 5.41) is 1.25. The molecule has 3 rings (SSSR count). The number of aryl methyl sites for hydroxylation is 1. The molecule has 0 aliphatic carbocycles. The third kappa shape index (κ3) is 2.35. The lowest BCUT2D eigenvalue weighted by atomic mass is 10.1. The fourth-order valence-corrected chi connectivity index (χ4v) is 2.54. The quantitative estimate of drug-likeness (QED) is 0.588. The third-order valence-corrected chi connectivity index (χ3v) is 3.58. The van der Waals surface area contributed by atoms with E-state index in [1.807, 2.05) is 25.1 Å². The topological polar surface area (TPSA) is 25.8 Å². The van der Waals surface area contributed by atoms with Crippen LogP contribution >= 0.6 is 23.2 Å². The van der Waals surface area contributed by atoms with Crippen molar-refractivity contribution in [3.63, 3.8) is 0 Å². The predicted octanol–water partition coefficient (Wildman–Crippen LogP) is 5.05. The molecule has 2 nitrogen and oxygen atoms in total. The van der Waals surface area contributed by atoms with Gasteiger partial charge in [-0.15, -0.1) is 0 Å². The molecule has 1 aromatic heterocycles. The number of aromatic nitrogens is 2. The van der Waals surface area contributed by atoms with Gasteiger partial charge >= 0.3 is 0 Å². The van der Waals surface area contributed by atoms with Crippen molar-refractivity contribution in [1.82, 2.24) is 9.97 Å². The Morgan fingerprint density at radius 2 is 1.80 bits per heavy atom. The molecule has 100 valence electrons. The third-order valence-electron chi connectivity index (χ3n) is 2.98. The Balaban J connectivity index is 2.24. The standard InChI is InChI=1S/C15H9Cl2FN2/c1-8-2-4-10(12(16)6-8)15-19-13-5-3-9(18)7-11(13)14(17)20-15/h2-7H,1H3. The van der Waals surface area contributed by atoms with Crippen molar-refractivity contribution in [2.75, 3.05) is 0 Å². The first-order valence-corrected chi connectivity index (χ1v) is 6.69. The lowest BCUT2D eigenvalue weighted by Crippen LogP contribution is -1.93. The zero-order valence-electron chi connectivity index (χ0n) is 10.5. The van der Waals surface area contributed by atoms with Gasteiger partial charge in [-0.3, -0.25) is 0 Å². The summed E-state index contributed by atoms with van der Waals surface area (Å²) in [6, 6.07) is 9.84. The van der Waals surface area contributed by atoms with Crippen molar-refractivity contribution >= 4 is 34.1 Å². The van der Waals surface area contributed by atoms with E-state index in [0.717, 1.165) is 5.56 Å². The van der Waals surface area contributed by atoms with Crippen molar-refractivity contribution < 1.29 is 4.39 Å². The summed E-state index contributed by atoms with van der Waals surface area (Å²) in [4.78, 5) is 8.60. The molecule has 20 heavy (non-hydrogen) atoms. The molecule has 2 aromatic carbocycles. The SMILES string of the molecule is Cc1ccc(-c2nc(Cl)c3cc(F)ccc3n2)c(Cl)c1. The molecule has 1 heterocycles. The lowest BCUT2D eigenvalue weighted by molar-refractivity contribution is 0.629. The number of hydrogen-bond acceptors (Lipinski definition) is 2. The Morgan fingerprint density at radius 1 is 1.00 bits per heavy atom. The minimum atomic E-state index is -0.371. The monoisotopic (exact) mass is 306 g/mol. The van der Waals surface area contributed by atoms with Crippen LogP contribution in [0.3, 0.4) is 0 Å². The number of rotatable bonds is 1. The van der Waals surface area contributed by atoms with Crippen molar-refractivity contribution in [1.29, 1.82) is 0 Å². The molecule has 0 unspecified atom stereocenters. The predicted molar refractivity (Wildman–Crippen MR) is 79.7 cm³/mol. The molecule has 0 aliphatic heterocycles. The van der Waals surface area contributed by atoms with Crippen LogP contribution in [-0.2, 0) is 0 Å². The van der Waals surface area contributed by atoms with Crippen LogP contribution in [0.25, 0.3) is 22.3 Å². The molecule has 3 aromatic rings. The van der Waals surface area contributed by atoms with E-state index in [2.05, 4.69) is 9.97 Å². The fourth-order valence-electron chi connectivity index (χ4n) is 1.99. The van der Waals surface area contributed by atoms with Gasteiger partial charge in [-0.05, 0) is 42.8 Å². The van der Waals surface area contributed by atoms with Gasteiger partial charge in [0, 0.05) is 10.9 Å². The van der Waals surface area contributed by atoms with E-state index in [-0.39, 0.29) is 11.0 Å². The zero-order chi connectivity index (χ0) is 14.3. The van der Waals surface area contributed by atoms with Crippen LogP contribution in [-0.4, -0.2) is 9.97 Å². The smallest absolute Gasteiger partial charge is 0.162 e. The molecule has 0 radical (unpaired) electrons. The van der Waals surface area contributed by atoms with Gasteiger partial charge in [-0.25, -0.2) is 14.4 Å². The van der Waals surface area contributed by atoms with E-state index in [1.54, 1.807) is 6.07 Å². The van der Waals surface area contributed by atoms with Crippen molar-refractivity contribution in [3.05, 3.63) is 58.0 Å². The normalized spacial score (nSPS) is 11.0. The second-order valence-electron chi connectivity index (χ2n) is 4.48. The van der Waals surface area contributed by atoms with E-state index in [9.17, 15) is 4.39 Å². The largest absolute Gasteiger partial charge is 0.228 e. The summed E-state index contributed by atoms with van der Waals surface area (Å²) in [6.45, 7) is 1.95. The van der Waals surface area contributed by atoms with Crippen LogP contribution < -0.4 is 0 Å². The van der Waals surface area contributed by atoms with Crippen LogP contribution in [0.1, 0.15) is 5.56 Å². The van der Waals surface area contributed by atoms with Gasteiger partial charge in [-0.2, -0.15) is 0 Å². The summed E-state index contributed by atoms with van der Waals surface area (Å²) >= 11 is 12.3. The number of nitrogens with zero attached hydrogens (tertiary/aromatic N) is 2. The van der Waals surface area contributed by atoms with Crippen molar-refractivity contribution in [3.8, 4) is 11.4 Å². The molecule has 0 saturated carbocycles. The Hall–Kier alpha value is -1.71. The maximum Gasteiger partial charge on any atom is 0.162 e. The summed E-state index contributed by atoms with van der Waals surface area (Å²) < 4.78 is 13.2. The molecule has 0 atom stereocenters. The van der Waals surface area contributed by atoms with Crippen LogP contribution in [0.4, 0.5) is 4.39 Å². The second-order valence-corrected chi connectivity index (χ2v) is 5.25. The van der Waals surface area contributed by atoms with Crippen molar-refractivity contribution in [2.24, 2.45) is 0 Å². The lowest BCUT2D eigenvalue weighted by Gasteiger charge is -2.07. The molecular weight excluding hydrogens is 298 g/mol. The first-order chi connectivity index (χ1) is 9.54. The summed E-state index contributed by atoms with van der Waals surface area (Å²) in [5.74, 6) is 0.0585. The Kier molecular flexibility index (Phi) is 3.32. The van der Waals surface area contributed by atoms with Gasteiger partial charge in [0.1, 0.15) is 11.0 Å². The average molecular weight is 307 g/mol. The molecule has 0 N–H and O–H groups in total. The molecule has 5 heteroatoms. The average Bonchev–Trinajstić information content (AvgIpc) is 2.39. The van der Waals surface area contributed by atoms with Gasteiger partial charge in [0.25, 0.3) is 0 Å². The fraction of sp³-hybridized carbons (Fsp3) is 0.0667. The highest BCUT2D eigenvalue weighted by molar-refractivity contribution is 6.35. The summed E-state index contributed by atoms with van der Waals surface area (Å²) in [6.07, 6.45) is 0. The number of benzene rings is 2. The minimum absolute atomic E-state index is 0.209. The number of hydrogen-bond donors (Lipinski definition) is 0. The summed E-state index contributed by atoms with van der Waals surface area (Å²) in [7, 11) is 0. The molecule has 0 amide bonds. The molecule has 0 spiro atoms. The van der Waals surface area contributed by atoms with Gasteiger partial charge in [0.05, 0.1) is 10.5 Å². The molecule has 0 saturated heterocycles. The number of halogens is 3. The van der Waals surface area contributed by atoms with E-state index in [1.165, 1.54) is 12.1 Å². The Labute approximate surface area is 125 Å². The minimum Gasteiger partial charge on any atom is -0.228 e. The van der Waals surface area contributed by atoms with E-state index >= 15 is 0 Å². The molecular formula is C15H9Cl2FN2. The Bertz CT molecular complexity index is 818. The van der Waals surface area contributed by atoms with Crippen LogP contribution in [0, 0.1) is 12.7 Å². The highest BCUT2D eigenvalue weighted by Gasteiger charge is 2.11. The van der Waals surface area contributed by atoms with Gasteiger partial charge in [0.2, 0.25) is 0 Å². The maximum absolute atomic E-state index is 13.2. The van der Waals surface area contributed by atoms with E-state index in [4.69, 9.17) is 23.2 Å². The van der Waals surface area contributed by atoms with E-state index in [0.29, 0.717) is 27.3 Å². The zero-order valence-corrected chi connectivity index (χ0v) is 12.0. The van der Waals surface area contributed by atoms with Gasteiger partial charge in [-0.1, -0.05) is 29.3 Å². The second kappa shape index (κ2) is 5.00. The van der Waals surface area contributed by atoms with Gasteiger partial charge in [0.15, 0.2) is 5.82 Å². The summed E-state index contributed by atoms with van der Waals surface area (Å²) in [5.41, 5.74) is 2.33. The first kappa shape index (κ1) is 13.3. The highest BCUT2D eigenvalue weighted by Crippen LogP contribution is 2.30. The van der Waals surface area contributed by atoms with Crippen LogP contribution in [0.15, 0.2) is 36.4 Å². The van der Waals surface area contributed by atoms with Gasteiger partial charge < -0.3 is 0 Å². The van der Waals surface area contributed by atoms with E-state index < -0.39 is 0 Å². The molecule has 0 aliphatic rings. The highest BCUT2D eigenvalue weighted by atomic mass is 35.5. The van der Waals surface area contributed by atoms with Crippen LogP contribution in [0.5, 0.6) is 0 Å². The van der Waals surface area contributed by atoms with Crippen LogP contribution in [0.2, 0.25) is 10.2 Å².